The number of aliphatic hydroxyl groups excluding tert-OH is 1. The molecule has 12 heteroatoms. The van der Waals surface area contributed by atoms with Gasteiger partial charge in [-0.05, 0) is 79.3 Å². The van der Waals surface area contributed by atoms with Crippen LogP contribution >= 0.6 is 11.6 Å². The molecule has 1 heterocycles. The number of nitrogens with one attached hydrogen (secondary N) is 2. The van der Waals surface area contributed by atoms with E-state index < -0.39 is 37.1 Å². The first kappa shape index (κ1) is 31.7. The van der Waals surface area contributed by atoms with Crippen LogP contribution in [0, 0.1) is 13.8 Å². The lowest BCUT2D eigenvalue weighted by Gasteiger charge is -2.11. The van der Waals surface area contributed by atoms with Crippen molar-refractivity contribution in [1.29, 1.82) is 0 Å². The Kier molecular flexibility index (Phi) is 10.1. The molecular weight excluding hydrogens is 600 g/mol. The minimum absolute atomic E-state index is 0.0544. The van der Waals surface area contributed by atoms with Crippen LogP contribution in [-0.4, -0.2) is 57.4 Å². The quantitative estimate of drug-likeness (QED) is 0.137. The summed E-state index contributed by atoms with van der Waals surface area (Å²) < 4.78 is 58.8. The lowest BCUT2D eigenvalue weighted by Crippen LogP contribution is -2.31. The largest absolute Gasteiger partial charge is 0.494 e. The van der Waals surface area contributed by atoms with Gasteiger partial charge in [0.1, 0.15) is 11.5 Å². The fraction of sp³-hybridized carbons (Fsp3) is 0.300. The number of hydrogen-bond donors (Lipinski definition) is 3. The molecule has 0 saturated heterocycles. The van der Waals surface area contributed by atoms with Crippen LogP contribution in [0.5, 0.6) is 5.75 Å². The van der Waals surface area contributed by atoms with E-state index >= 15 is 0 Å². The number of H-pyrrole nitrogens is 1. The molecule has 0 unspecified atom stereocenters. The van der Waals surface area contributed by atoms with E-state index in [2.05, 4.69) is 9.71 Å². The fourth-order valence-electron chi connectivity index (χ4n) is 4.66. The lowest BCUT2D eigenvalue weighted by molar-refractivity contribution is 0.101. The summed E-state index contributed by atoms with van der Waals surface area (Å²) in [6.07, 6.45) is 1.06. The van der Waals surface area contributed by atoms with E-state index in [-0.39, 0.29) is 23.7 Å². The minimum atomic E-state index is -3.96. The van der Waals surface area contributed by atoms with Crippen LogP contribution in [0.25, 0.3) is 10.9 Å². The number of sulfone groups is 1. The highest BCUT2D eigenvalue weighted by Gasteiger charge is 2.24. The molecule has 0 spiro atoms. The Bertz CT molecular complexity index is 1780. The average molecular weight is 633 g/mol. The maximum Gasteiger partial charge on any atom is 0.240 e. The highest BCUT2D eigenvalue weighted by molar-refractivity contribution is 7.92. The van der Waals surface area contributed by atoms with Gasteiger partial charge in [0.15, 0.2) is 15.6 Å². The van der Waals surface area contributed by atoms with Crippen molar-refractivity contribution in [3.63, 3.8) is 0 Å². The molecule has 42 heavy (non-hydrogen) atoms. The maximum absolute atomic E-state index is 13.2. The predicted octanol–water partition coefficient (Wildman–Crippen LogP) is 4.52. The minimum Gasteiger partial charge on any atom is -0.494 e. The van der Waals surface area contributed by atoms with Crippen molar-refractivity contribution in [2.75, 3.05) is 24.7 Å². The molecule has 0 atom stereocenters. The average Bonchev–Trinajstić information content (AvgIpc) is 3.32. The number of para-hydroxylation sites is 1. The molecule has 0 bridgehead atoms. The van der Waals surface area contributed by atoms with Gasteiger partial charge in [0.05, 0.1) is 29.6 Å². The van der Waals surface area contributed by atoms with Gasteiger partial charge < -0.3 is 14.8 Å². The Hall–Kier alpha value is -3.22. The number of aliphatic hydroxyl groups is 1. The van der Waals surface area contributed by atoms with Gasteiger partial charge in [0, 0.05) is 22.5 Å². The van der Waals surface area contributed by atoms with Crippen LogP contribution in [0.1, 0.15) is 39.2 Å². The van der Waals surface area contributed by atoms with Gasteiger partial charge in [0.2, 0.25) is 10.0 Å². The number of hydrogen-bond acceptors (Lipinski definition) is 7. The Morgan fingerprint density at radius 1 is 1.00 bits per heavy atom. The maximum atomic E-state index is 13.2. The summed E-state index contributed by atoms with van der Waals surface area (Å²) >= 11 is 6.24. The number of ketones is 1. The first-order valence-electron chi connectivity index (χ1n) is 13.3. The fourth-order valence-corrected chi connectivity index (χ4v) is 7.03. The molecule has 4 rings (SSSR count). The number of rotatable bonds is 14. The summed E-state index contributed by atoms with van der Waals surface area (Å²) in [5.41, 5.74) is 4.04. The number of carbonyl (C=O) groups is 1. The number of aryl methyl sites for hydroxylation is 3. The van der Waals surface area contributed by atoms with E-state index in [9.17, 15) is 21.6 Å². The van der Waals surface area contributed by atoms with Gasteiger partial charge in [-0.25, -0.2) is 21.6 Å². The van der Waals surface area contributed by atoms with Crippen LogP contribution < -0.4 is 9.46 Å². The van der Waals surface area contributed by atoms with Crippen LogP contribution in [0.4, 0.5) is 0 Å². The Labute approximate surface area is 250 Å². The van der Waals surface area contributed by atoms with Crippen molar-refractivity contribution < 1.29 is 31.5 Å². The van der Waals surface area contributed by atoms with Crippen LogP contribution in [0.15, 0.2) is 65.6 Å². The SMILES string of the molecule is Cc1cc(OCCCc2c(C(=O)CS(=O)(=O)CCNS(=O)(=O)c3ccc(CO)cc3)[nH]c3ccccc23)cc(C)c1Cl. The Balaban J connectivity index is 1.39. The van der Waals surface area contributed by atoms with Crippen molar-refractivity contribution in [2.45, 2.75) is 38.2 Å². The number of aromatic amines is 1. The van der Waals surface area contributed by atoms with Gasteiger partial charge in [-0.2, -0.15) is 0 Å². The zero-order chi connectivity index (χ0) is 30.5. The molecule has 0 aliphatic carbocycles. The number of benzene rings is 3. The van der Waals surface area contributed by atoms with E-state index in [4.69, 9.17) is 21.4 Å². The van der Waals surface area contributed by atoms with Gasteiger partial charge in [-0.3, -0.25) is 4.79 Å². The predicted molar refractivity (Wildman–Crippen MR) is 164 cm³/mol. The molecule has 0 saturated carbocycles. The third kappa shape index (κ3) is 7.78. The third-order valence-corrected chi connectivity index (χ3v) is 10.4. The number of fused-ring (bicyclic) bond motifs is 1. The second-order valence-corrected chi connectivity index (χ2v) is 14.4. The highest BCUT2D eigenvalue weighted by atomic mass is 35.5. The van der Waals surface area contributed by atoms with Gasteiger partial charge >= 0.3 is 0 Å². The Morgan fingerprint density at radius 2 is 1.67 bits per heavy atom. The number of aromatic nitrogens is 1. The summed E-state index contributed by atoms with van der Waals surface area (Å²) in [7, 11) is -7.89. The Morgan fingerprint density at radius 3 is 2.33 bits per heavy atom. The van der Waals surface area contributed by atoms with Crippen molar-refractivity contribution in [2.24, 2.45) is 0 Å². The second kappa shape index (κ2) is 13.4. The third-order valence-electron chi connectivity index (χ3n) is 6.81. The summed E-state index contributed by atoms with van der Waals surface area (Å²) in [5, 5.41) is 10.7. The monoisotopic (exact) mass is 632 g/mol. The number of halogens is 1. The molecule has 0 amide bonds. The molecule has 0 radical (unpaired) electrons. The molecule has 3 aromatic carbocycles. The molecule has 224 valence electrons. The van der Waals surface area contributed by atoms with Crippen molar-refractivity contribution >= 4 is 48.1 Å². The molecule has 3 N–H and O–H groups in total. The van der Waals surface area contributed by atoms with E-state index in [0.717, 1.165) is 22.0 Å². The van der Waals surface area contributed by atoms with Crippen LogP contribution in [0.2, 0.25) is 5.02 Å². The number of ether oxygens (including phenoxy) is 1. The summed E-state index contributed by atoms with van der Waals surface area (Å²) in [5.74, 6) is -1.20. The van der Waals surface area contributed by atoms with Gasteiger partial charge in [-0.15, -0.1) is 0 Å². The molecule has 4 aromatic rings. The number of Topliss-reactive ketones (excluding diaryl/α,β-unsaturated/α-hetero) is 1. The molecule has 0 aliphatic heterocycles. The number of carbonyl (C=O) groups excluding carboxylic acids is 1. The van der Waals surface area contributed by atoms with Crippen LogP contribution in [-0.2, 0) is 32.9 Å². The molecule has 0 aliphatic rings. The van der Waals surface area contributed by atoms with E-state index in [0.29, 0.717) is 41.3 Å². The van der Waals surface area contributed by atoms with Crippen molar-refractivity contribution in [1.82, 2.24) is 9.71 Å². The molecule has 1 aromatic heterocycles. The summed E-state index contributed by atoms with van der Waals surface area (Å²) in [6.45, 7) is 3.59. The summed E-state index contributed by atoms with van der Waals surface area (Å²) in [6, 6.07) is 16.7. The van der Waals surface area contributed by atoms with Gasteiger partial charge in [-0.1, -0.05) is 41.9 Å². The first-order valence-corrected chi connectivity index (χ1v) is 17.0. The lowest BCUT2D eigenvalue weighted by atomic mass is 10.0. The van der Waals surface area contributed by atoms with E-state index in [1.54, 1.807) is 0 Å². The smallest absolute Gasteiger partial charge is 0.240 e. The molecule has 9 nitrogen and oxygen atoms in total. The standard InChI is InChI=1S/C30H33ClN2O7S2/c1-20-16-23(17-21(2)29(20)31)40-14-5-7-26-25-6-3-4-8-27(25)33-30(26)28(35)19-41(36,37)15-13-32-42(38,39)24-11-9-22(18-34)10-12-24/h3-4,6,8-12,16-17,32-34H,5,7,13-15,18-19H2,1-2H3. The first-order chi connectivity index (χ1) is 19.9. The van der Waals surface area contributed by atoms with Crippen LogP contribution in [0.3, 0.4) is 0 Å². The topological polar surface area (TPSA) is 143 Å². The second-order valence-electron chi connectivity index (χ2n) is 10.1. The zero-order valence-electron chi connectivity index (χ0n) is 23.3. The zero-order valence-corrected chi connectivity index (χ0v) is 25.7. The van der Waals surface area contributed by atoms with Crippen molar-refractivity contribution in [3.05, 3.63) is 93.6 Å². The summed E-state index contributed by atoms with van der Waals surface area (Å²) in [4.78, 5) is 16.3. The van der Waals surface area contributed by atoms with E-state index in [1.165, 1.54) is 24.3 Å². The number of sulfonamides is 1. The molecule has 0 fully saturated rings. The molecular formula is C30H33ClN2O7S2. The van der Waals surface area contributed by atoms with Crippen molar-refractivity contribution in [3.8, 4) is 5.75 Å². The van der Waals surface area contributed by atoms with Gasteiger partial charge in [0.25, 0.3) is 0 Å². The normalized spacial score (nSPS) is 12.1. The van der Waals surface area contributed by atoms with E-state index in [1.807, 2.05) is 50.2 Å². The highest BCUT2D eigenvalue weighted by Crippen LogP contribution is 2.27.